The van der Waals surface area contributed by atoms with Gasteiger partial charge in [-0.1, -0.05) is 12.1 Å². The largest absolute Gasteiger partial charge is 0.489 e. The quantitative estimate of drug-likeness (QED) is 0.670. The third kappa shape index (κ3) is 4.91. The van der Waals surface area contributed by atoms with Crippen LogP contribution in [0.3, 0.4) is 0 Å². The van der Waals surface area contributed by atoms with Crippen molar-refractivity contribution in [2.75, 3.05) is 19.7 Å². The van der Waals surface area contributed by atoms with Crippen molar-refractivity contribution in [1.29, 1.82) is 0 Å². The molecule has 1 aromatic carbocycles. The zero-order valence-electron chi connectivity index (χ0n) is 15.8. The van der Waals surface area contributed by atoms with Gasteiger partial charge < -0.3 is 14.9 Å². The number of alkyl halides is 3. The molecular weight excluding hydrogens is 425 g/mol. The highest BCUT2D eigenvalue weighted by Crippen LogP contribution is 2.35. The zero-order valence-corrected chi connectivity index (χ0v) is 16.6. The standard InChI is InChI=1S/C19H21F3N2O5S/c20-19(21,22)16-2-1-8-23-18(16)30(27,28)15-7-9-24(10-15)17(26)12-29-14-5-3-13(11-25)4-6-14/h1-6,8,15,17,25-26H,7,9-12H2. The van der Waals surface area contributed by atoms with Crippen molar-refractivity contribution in [2.45, 2.75) is 35.7 Å². The fraction of sp³-hybridized carbons (Fsp3) is 0.421. The Morgan fingerprint density at radius 1 is 1.23 bits per heavy atom. The first-order valence-corrected chi connectivity index (χ1v) is 10.7. The van der Waals surface area contributed by atoms with Crippen LogP contribution in [0.25, 0.3) is 0 Å². The number of hydrogen-bond donors (Lipinski definition) is 2. The van der Waals surface area contributed by atoms with Gasteiger partial charge in [-0.25, -0.2) is 13.4 Å². The van der Waals surface area contributed by atoms with Gasteiger partial charge in [-0.3, -0.25) is 4.90 Å². The van der Waals surface area contributed by atoms with Crippen LogP contribution in [0.2, 0.25) is 0 Å². The minimum absolute atomic E-state index is 0.0679. The van der Waals surface area contributed by atoms with Gasteiger partial charge in [0.2, 0.25) is 0 Å². The first-order valence-electron chi connectivity index (χ1n) is 9.13. The number of aliphatic hydroxyl groups is 2. The SMILES string of the molecule is O=S(=O)(c1ncccc1C(F)(F)F)C1CCN(C(O)COc2ccc(CO)cc2)C1. The lowest BCUT2D eigenvalue weighted by atomic mass is 10.2. The molecule has 30 heavy (non-hydrogen) atoms. The minimum atomic E-state index is -4.84. The van der Waals surface area contributed by atoms with Crippen LogP contribution in [-0.4, -0.2) is 59.7 Å². The van der Waals surface area contributed by atoms with Gasteiger partial charge in [0.05, 0.1) is 17.4 Å². The number of likely N-dealkylation sites (tertiary alicyclic amines) is 1. The lowest BCUT2D eigenvalue weighted by Gasteiger charge is -2.23. The molecule has 0 aliphatic carbocycles. The summed E-state index contributed by atoms with van der Waals surface area (Å²) in [6.45, 7) is -0.211. The van der Waals surface area contributed by atoms with Crippen molar-refractivity contribution in [3.8, 4) is 5.75 Å². The number of halogens is 3. The Morgan fingerprint density at radius 3 is 2.57 bits per heavy atom. The highest BCUT2D eigenvalue weighted by atomic mass is 32.2. The molecule has 1 saturated heterocycles. The van der Waals surface area contributed by atoms with Crippen LogP contribution in [-0.2, 0) is 22.6 Å². The molecule has 0 amide bonds. The third-order valence-corrected chi connectivity index (χ3v) is 7.01. The summed E-state index contributed by atoms with van der Waals surface area (Å²) >= 11 is 0. The van der Waals surface area contributed by atoms with Crippen LogP contribution < -0.4 is 4.74 Å². The molecule has 164 valence electrons. The number of nitrogens with zero attached hydrogens (tertiary/aromatic N) is 2. The van der Waals surface area contributed by atoms with E-state index in [2.05, 4.69) is 4.98 Å². The summed E-state index contributed by atoms with van der Waals surface area (Å²) in [5.41, 5.74) is -0.595. The van der Waals surface area contributed by atoms with E-state index in [1.165, 1.54) is 4.90 Å². The van der Waals surface area contributed by atoms with Crippen LogP contribution in [0.4, 0.5) is 13.2 Å². The van der Waals surface area contributed by atoms with Crippen LogP contribution in [0.1, 0.15) is 17.5 Å². The first-order chi connectivity index (χ1) is 14.1. The highest BCUT2D eigenvalue weighted by molar-refractivity contribution is 7.92. The number of aromatic nitrogens is 1. The van der Waals surface area contributed by atoms with Crippen molar-refractivity contribution in [2.24, 2.45) is 0 Å². The Labute approximate surface area is 171 Å². The lowest BCUT2D eigenvalue weighted by Crippen LogP contribution is -2.39. The molecule has 0 bridgehead atoms. The van der Waals surface area contributed by atoms with Crippen molar-refractivity contribution >= 4 is 9.84 Å². The summed E-state index contributed by atoms with van der Waals surface area (Å²) in [5.74, 6) is 0.456. The third-order valence-electron chi connectivity index (χ3n) is 4.89. The van der Waals surface area contributed by atoms with Gasteiger partial charge in [0, 0.05) is 19.3 Å². The fourth-order valence-electron chi connectivity index (χ4n) is 3.24. The molecule has 0 saturated carbocycles. The molecule has 2 heterocycles. The van der Waals surface area contributed by atoms with Gasteiger partial charge in [0.15, 0.2) is 14.9 Å². The van der Waals surface area contributed by atoms with Gasteiger partial charge in [-0.15, -0.1) is 0 Å². The molecule has 2 aromatic rings. The Hall–Kier alpha value is -2.21. The molecule has 11 heteroatoms. The average Bonchev–Trinajstić information content (AvgIpc) is 3.23. The van der Waals surface area contributed by atoms with Gasteiger partial charge in [-0.2, -0.15) is 13.2 Å². The molecule has 0 spiro atoms. The summed E-state index contributed by atoms with van der Waals surface area (Å²) in [5, 5.41) is 17.2. The zero-order chi connectivity index (χ0) is 21.9. The normalized spacial score (nSPS) is 19.0. The van der Waals surface area contributed by atoms with Crippen LogP contribution >= 0.6 is 0 Å². The summed E-state index contributed by atoms with van der Waals surface area (Å²) < 4.78 is 70.6. The van der Waals surface area contributed by atoms with Crippen molar-refractivity contribution in [1.82, 2.24) is 9.88 Å². The van der Waals surface area contributed by atoms with Gasteiger partial charge >= 0.3 is 6.18 Å². The number of benzene rings is 1. The van der Waals surface area contributed by atoms with Crippen LogP contribution in [0, 0.1) is 0 Å². The first kappa shape index (κ1) is 22.5. The van der Waals surface area contributed by atoms with E-state index in [-0.39, 0.29) is 32.7 Å². The van der Waals surface area contributed by atoms with Gasteiger partial charge in [0.25, 0.3) is 0 Å². The number of sulfone groups is 1. The summed E-state index contributed by atoms with van der Waals surface area (Å²) in [6, 6.07) is 8.29. The predicted molar refractivity (Wildman–Crippen MR) is 100 cm³/mol. The molecule has 1 fully saturated rings. The molecule has 0 radical (unpaired) electrons. The molecule has 2 N–H and O–H groups in total. The highest BCUT2D eigenvalue weighted by Gasteiger charge is 2.43. The Bertz CT molecular complexity index is 967. The number of aliphatic hydroxyl groups excluding tert-OH is 2. The van der Waals surface area contributed by atoms with E-state index in [9.17, 15) is 26.7 Å². The fourth-order valence-corrected chi connectivity index (χ4v) is 5.05. The number of ether oxygens (including phenoxy) is 1. The van der Waals surface area contributed by atoms with E-state index in [1.54, 1.807) is 24.3 Å². The van der Waals surface area contributed by atoms with Crippen molar-refractivity contribution in [3.63, 3.8) is 0 Å². The Kier molecular flexibility index (Phi) is 6.65. The molecule has 3 rings (SSSR count). The molecule has 2 unspecified atom stereocenters. The number of pyridine rings is 1. The number of rotatable bonds is 7. The molecule has 1 aliphatic rings. The second-order valence-corrected chi connectivity index (χ2v) is 9.04. The molecule has 2 atom stereocenters. The maximum atomic E-state index is 13.2. The van der Waals surface area contributed by atoms with E-state index in [1.807, 2.05) is 0 Å². The average molecular weight is 446 g/mol. The summed E-state index contributed by atoms with van der Waals surface area (Å²) in [4.78, 5) is 4.93. The second-order valence-electron chi connectivity index (χ2n) is 6.90. The van der Waals surface area contributed by atoms with E-state index in [0.29, 0.717) is 17.4 Å². The van der Waals surface area contributed by atoms with E-state index >= 15 is 0 Å². The maximum Gasteiger partial charge on any atom is 0.419 e. The Morgan fingerprint density at radius 2 is 1.93 bits per heavy atom. The summed E-state index contributed by atoms with van der Waals surface area (Å²) in [7, 11) is -4.34. The maximum absolute atomic E-state index is 13.2. The molecule has 7 nitrogen and oxygen atoms in total. The van der Waals surface area contributed by atoms with E-state index in [0.717, 1.165) is 12.3 Å². The molecule has 1 aromatic heterocycles. The van der Waals surface area contributed by atoms with Crippen molar-refractivity contribution < 1.29 is 36.5 Å². The van der Waals surface area contributed by atoms with Crippen LogP contribution in [0.15, 0.2) is 47.6 Å². The minimum Gasteiger partial charge on any atom is -0.489 e. The van der Waals surface area contributed by atoms with Gasteiger partial charge in [0.1, 0.15) is 18.6 Å². The van der Waals surface area contributed by atoms with Crippen molar-refractivity contribution in [3.05, 3.63) is 53.7 Å². The Balaban J connectivity index is 1.65. The monoisotopic (exact) mass is 446 g/mol. The topological polar surface area (TPSA) is 100.0 Å². The van der Waals surface area contributed by atoms with Gasteiger partial charge in [-0.05, 0) is 36.2 Å². The molecule has 1 aliphatic heterocycles. The predicted octanol–water partition coefficient (Wildman–Crippen LogP) is 1.84. The van der Waals surface area contributed by atoms with E-state index < -0.39 is 38.1 Å². The second kappa shape index (κ2) is 8.88. The number of hydrogen-bond acceptors (Lipinski definition) is 7. The lowest BCUT2D eigenvalue weighted by molar-refractivity contribution is -0.140. The smallest absolute Gasteiger partial charge is 0.419 e. The van der Waals surface area contributed by atoms with E-state index in [4.69, 9.17) is 9.84 Å². The van der Waals surface area contributed by atoms with Crippen LogP contribution in [0.5, 0.6) is 5.75 Å². The summed E-state index contributed by atoms with van der Waals surface area (Å²) in [6.07, 6.45) is -4.89. The molecular formula is C19H21F3N2O5S.